The van der Waals surface area contributed by atoms with E-state index in [2.05, 4.69) is 14.6 Å². The highest BCUT2D eigenvalue weighted by atomic mass is 127. The number of halogens is 3. The molecule has 0 aliphatic carbocycles. The molecule has 0 bridgehead atoms. The molecule has 0 radical (unpaired) electrons. The highest BCUT2D eigenvalue weighted by Gasteiger charge is 2.12. The summed E-state index contributed by atoms with van der Waals surface area (Å²) in [6.07, 6.45) is 4.04. The number of hydrogen-bond acceptors (Lipinski definition) is 2. The molecule has 1 aliphatic rings. The Morgan fingerprint density at radius 3 is 2.59 bits per heavy atom. The van der Waals surface area contributed by atoms with Crippen molar-refractivity contribution in [2.24, 2.45) is 10.7 Å². The largest absolute Gasteiger partial charge is 0.435 e. The first-order valence-corrected chi connectivity index (χ1v) is 7.24. The van der Waals surface area contributed by atoms with Gasteiger partial charge in [0.25, 0.3) is 0 Å². The third kappa shape index (κ3) is 5.94. The van der Waals surface area contributed by atoms with E-state index in [1.807, 2.05) is 0 Å². The Morgan fingerprint density at radius 2 is 1.91 bits per heavy atom. The van der Waals surface area contributed by atoms with Crippen molar-refractivity contribution in [2.45, 2.75) is 32.3 Å². The molecule has 0 unspecified atom stereocenters. The van der Waals surface area contributed by atoms with Gasteiger partial charge in [-0.2, -0.15) is 8.78 Å². The van der Waals surface area contributed by atoms with Crippen molar-refractivity contribution in [1.29, 1.82) is 0 Å². The Labute approximate surface area is 146 Å². The Hall–Kier alpha value is -1.12. The molecule has 0 amide bonds. The van der Waals surface area contributed by atoms with Gasteiger partial charge < -0.3 is 15.4 Å². The quantitative estimate of drug-likeness (QED) is 0.448. The highest BCUT2D eigenvalue weighted by Crippen LogP contribution is 2.20. The van der Waals surface area contributed by atoms with Gasteiger partial charge in [0.15, 0.2) is 5.96 Å². The summed E-state index contributed by atoms with van der Waals surface area (Å²) < 4.78 is 29.1. The van der Waals surface area contributed by atoms with E-state index in [4.69, 9.17) is 5.73 Å². The van der Waals surface area contributed by atoms with E-state index in [1.54, 1.807) is 24.3 Å². The molecule has 1 aliphatic heterocycles. The zero-order valence-electron chi connectivity index (χ0n) is 12.4. The smallest absolute Gasteiger partial charge is 0.387 e. The van der Waals surface area contributed by atoms with Crippen molar-refractivity contribution in [3.8, 4) is 5.75 Å². The van der Waals surface area contributed by atoms with Gasteiger partial charge in [0.1, 0.15) is 5.75 Å². The molecule has 0 spiro atoms. The minimum absolute atomic E-state index is 0. The zero-order valence-corrected chi connectivity index (χ0v) is 14.7. The number of hydrogen-bond donors (Lipinski definition) is 1. The van der Waals surface area contributed by atoms with Gasteiger partial charge in [-0.25, -0.2) is 0 Å². The predicted molar refractivity (Wildman–Crippen MR) is 94.1 cm³/mol. The van der Waals surface area contributed by atoms with Crippen molar-refractivity contribution >= 4 is 29.9 Å². The van der Waals surface area contributed by atoms with Gasteiger partial charge in [-0.15, -0.1) is 24.0 Å². The summed E-state index contributed by atoms with van der Waals surface area (Å²) in [4.78, 5) is 6.42. The van der Waals surface area contributed by atoms with Crippen LogP contribution < -0.4 is 10.5 Å². The lowest BCUT2D eigenvalue weighted by atomic mass is 10.1. The molecule has 1 fully saturated rings. The van der Waals surface area contributed by atoms with Gasteiger partial charge in [0, 0.05) is 19.6 Å². The molecule has 0 atom stereocenters. The van der Waals surface area contributed by atoms with Gasteiger partial charge in [0.05, 0.1) is 0 Å². The molecular weight excluding hydrogens is 403 g/mol. The second kappa shape index (κ2) is 9.81. The highest BCUT2D eigenvalue weighted by molar-refractivity contribution is 14.0. The zero-order chi connectivity index (χ0) is 15.1. The molecule has 2 rings (SSSR count). The number of aliphatic imine (C=N–C) groups is 1. The molecule has 1 saturated heterocycles. The second-order valence-corrected chi connectivity index (χ2v) is 5.02. The van der Waals surface area contributed by atoms with Crippen molar-refractivity contribution in [1.82, 2.24) is 4.90 Å². The van der Waals surface area contributed by atoms with Crippen LogP contribution >= 0.6 is 24.0 Å². The van der Waals surface area contributed by atoms with Crippen LogP contribution in [0, 0.1) is 0 Å². The molecule has 1 aromatic carbocycles. The van der Waals surface area contributed by atoms with E-state index in [1.165, 1.54) is 6.42 Å². The van der Waals surface area contributed by atoms with Gasteiger partial charge in [-0.1, -0.05) is 18.2 Å². The van der Waals surface area contributed by atoms with E-state index in [-0.39, 0.29) is 29.7 Å². The molecule has 7 heteroatoms. The molecule has 1 aromatic rings. The minimum atomic E-state index is -2.81. The van der Waals surface area contributed by atoms with E-state index >= 15 is 0 Å². The Bertz CT molecular complexity index is 480. The van der Waals surface area contributed by atoms with Crippen LogP contribution in [0.15, 0.2) is 29.3 Å². The van der Waals surface area contributed by atoms with E-state index in [9.17, 15) is 8.78 Å². The van der Waals surface area contributed by atoms with E-state index in [0.29, 0.717) is 24.5 Å². The lowest BCUT2D eigenvalue weighted by Crippen LogP contribution is -2.41. The first kappa shape index (κ1) is 18.9. The lowest BCUT2D eigenvalue weighted by Gasteiger charge is -2.27. The Morgan fingerprint density at radius 1 is 1.23 bits per heavy atom. The predicted octanol–water partition coefficient (Wildman–Crippen LogP) is 3.25. The maximum Gasteiger partial charge on any atom is 0.387 e. The first-order valence-electron chi connectivity index (χ1n) is 7.24. The molecule has 0 saturated carbocycles. The molecule has 2 N–H and O–H groups in total. The summed E-state index contributed by atoms with van der Waals surface area (Å²) in [6.45, 7) is -0.458. The lowest BCUT2D eigenvalue weighted by molar-refractivity contribution is -0.0504. The summed E-state index contributed by atoms with van der Waals surface area (Å²) in [5, 5.41) is 0. The molecule has 1 heterocycles. The third-order valence-electron chi connectivity index (χ3n) is 3.52. The normalized spacial score (nSPS) is 15.6. The fraction of sp³-hybridized carbons (Fsp3) is 0.533. The number of likely N-dealkylation sites (tertiary alicyclic amines) is 1. The van der Waals surface area contributed by atoms with Gasteiger partial charge in [0.2, 0.25) is 0 Å². The average Bonchev–Trinajstić information content (AvgIpc) is 2.49. The number of piperidine rings is 1. The number of nitrogens with two attached hydrogens (primary N) is 1. The Kier molecular flexibility index (Phi) is 8.44. The average molecular weight is 425 g/mol. The number of benzene rings is 1. The van der Waals surface area contributed by atoms with Crippen molar-refractivity contribution in [3.63, 3.8) is 0 Å². The fourth-order valence-electron chi connectivity index (χ4n) is 2.44. The fourth-order valence-corrected chi connectivity index (χ4v) is 2.44. The Balaban J connectivity index is 0.00000242. The van der Waals surface area contributed by atoms with E-state index in [0.717, 1.165) is 25.9 Å². The molecule has 0 aromatic heterocycles. The number of rotatable bonds is 5. The topological polar surface area (TPSA) is 50.9 Å². The molecule has 4 nitrogen and oxygen atoms in total. The third-order valence-corrected chi connectivity index (χ3v) is 3.52. The number of alkyl halides is 2. The van der Waals surface area contributed by atoms with Crippen molar-refractivity contribution in [3.05, 3.63) is 29.8 Å². The first-order chi connectivity index (χ1) is 10.2. The van der Waals surface area contributed by atoms with E-state index < -0.39 is 6.61 Å². The summed E-state index contributed by atoms with van der Waals surface area (Å²) in [5.74, 6) is 0.751. The monoisotopic (exact) mass is 425 g/mol. The molecular formula is C15H22F2IN3O. The summed E-state index contributed by atoms with van der Waals surface area (Å²) in [5.41, 5.74) is 6.67. The van der Waals surface area contributed by atoms with Crippen LogP contribution in [0.25, 0.3) is 0 Å². The van der Waals surface area contributed by atoms with Crippen LogP contribution in [-0.4, -0.2) is 37.1 Å². The SMILES string of the molecule is I.NC(=NCCc1ccccc1OC(F)F)N1CCCCC1. The van der Waals surface area contributed by atoms with Crippen molar-refractivity contribution in [2.75, 3.05) is 19.6 Å². The standard InChI is InChI=1S/C15H21F2N3O.HI/c16-14(17)21-13-7-3-2-6-12(13)8-9-19-15(18)20-10-4-1-5-11-20;/h2-3,6-7,14H,1,4-5,8-11H2,(H2,18,19);1H. The number of para-hydroxylation sites is 1. The number of guanidine groups is 1. The summed E-state index contributed by atoms with van der Waals surface area (Å²) >= 11 is 0. The van der Waals surface area contributed by atoms with Crippen LogP contribution in [0.1, 0.15) is 24.8 Å². The van der Waals surface area contributed by atoms with Crippen LogP contribution in [-0.2, 0) is 6.42 Å². The maximum absolute atomic E-state index is 12.3. The van der Waals surface area contributed by atoms with Crippen LogP contribution in [0.5, 0.6) is 5.75 Å². The minimum Gasteiger partial charge on any atom is -0.435 e. The van der Waals surface area contributed by atoms with Gasteiger partial charge in [-0.3, -0.25) is 4.99 Å². The summed E-state index contributed by atoms with van der Waals surface area (Å²) in [6, 6.07) is 6.78. The van der Waals surface area contributed by atoms with Gasteiger partial charge in [-0.05, 0) is 37.3 Å². The molecule has 124 valence electrons. The van der Waals surface area contributed by atoms with Crippen LogP contribution in [0.2, 0.25) is 0 Å². The molecule has 22 heavy (non-hydrogen) atoms. The van der Waals surface area contributed by atoms with Crippen LogP contribution in [0.3, 0.4) is 0 Å². The van der Waals surface area contributed by atoms with Crippen LogP contribution in [0.4, 0.5) is 8.78 Å². The van der Waals surface area contributed by atoms with Crippen molar-refractivity contribution < 1.29 is 13.5 Å². The number of ether oxygens (including phenoxy) is 1. The second-order valence-electron chi connectivity index (χ2n) is 5.02. The summed E-state index contributed by atoms with van der Waals surface area (Å²) in [7, 11) is 0. The van der Waals surface area contributed by atoms with Gasteiger partial charge >= 0.3 is 6.61 Å². The number of nitrogens with zero attached hydrogens (tertiary/aromatic N) is 2. The maximum atomic E-state index is 12.3.